The number of hydrazone groups is 1. The van der Waals surface area contributed by atoms with E-state index in [1.165, 1.54) is 19.3 Å². The molecule has 0 radical (unpaired) electrons. The van der Waals surface area contributed by atoms with Crippen molar-refractivity contribution < 1.29 is 9.47 Å². The van der Waals surface area contributed by atoms with Crippen LogP contribution in [-0.4, -0.2) is 35.7 Å². The largest absolute Gasteiger partial charge is 0.493 e. The van der Waals surface area contributed by atoms with Gasteiger partial charge in [-0.25, -0.2) is 9.98 Å². The van der Waals surface area contributed by atoms with Gasteiger partial charge in [0.15, 0.2) is 23.2 Å². The Balaban J connectivity index is 1.49. The Morgan fingerprint density at radius 1 is 0.971 bits per heavy atom. The van der Waals surface area contributed by atoms with Gasteiger partial charge in [-0.2, -0.15) is 5.10 Å². The van der Waals surface area contributed by atoms with Gasteiger partial charge in [0, 0.05) is 0 Å². The average Bonchev–Trinajstić information content (AvgIpc) is 3.33. The number of fused-ring (bicyclic) bond motifs is 1. The normalized spacial score (nSPS) is 11.8. The fourth-order valence-corrected chi connectivity index (χ4v) is 3.59. The van der Waals surface area contributed by atoms with Crippen molar-refractivity contribution in [3.8, 4) is 11.5 Å². The molecule has 0 aliphatic carbocycles. The lowest BCUT2D eigenvalue weighted by molar-refractivity contribution is 0.285. The number of amidine groups is 1. The Morgan fingerprint density at radius 2 is 1.80 bits per heavy atom. The summed E-state index contributed by atoms with van der Waals surface area (Å²) < 4.78 is 11.4. The van der Waals surface area contributed by atoms with Gasteiger partial charge >= 0.3 is 0 Å². The lowest BCUT2D eigenvalue weighted by Crippen LogP contribution is -2.20. The van der Waals surface area contributed by atoms with E-state index in [0.717, 1.165) is 34.5 Å². The Hall–Kier alpha value is -4.13. The third-order valence-corrected chi connectivity index (χ3v) is 5.44. The topological polar surface area (TPSA) is 83.9 Å². The zero-order valence-electron chi connectivity index (χ0n) is 20.2. The molecule has 1 aromatic heterocycles. The van der Waals surface area contributed by atoms with E-state index < -0.39 is 0 Å². The maximum Gasteiger partial charge on any atom is 0.190 e. The van der Waals surface area contributed by atoms with E-state index in [1.54, 1.807) is 13.3 Å². The van der Waals surface area contributed by atoms with Crippen LogP contribution in [0, 0.1) is 0 Å². The highest BCUT2D eigenvalue weighted by molar-refractivity contribution is 6.00. The molecular formula is C28H31N5O2. The van der Waals surface area contributed by atoms with E-state index in [9.17, 15) is 0 Å². The van der Waals surface area contributed by atoms with Gasteiger partial charge in [-0.15, -0.1) is 0 Å². The molecule has 0 fully saturated rings. The molecule has 4 rings (SSSR count). The number of methoxy groups -OCH3 is 1. The van der Waals surface area contributed by atoms with Crippen LogP contribution in [0.4, 0.5) is 5.69 Å². The number of hydrogen-bond acceptors (Lipinski definition) is 5. The van der Waals surface area contributed by atoms with Gasteiger partial charge in [-0.1, -0.05) is 56.5 Å². The molecule has 35 heavy (non-hydrogen) atoms. The number of aromatic amines is 1. The van der Waals surface area contributed by atoms with Crippen molar-refractivity contribution in [2.75, 3.05) is 13.7 Å². The lowest BCUT2D eigenvalue weighted by Gasteiger charge is -2.11. The highest BCUT2D eigenvalue weighted by Crippen LogP contribution is 2.28. The zero-order chi connectivity index (χ0) is 24.3. The summed E-state index contributed by atoms with van der Waals surface area (Å²) in [7, 11) is 1.64. The van der Waals surface area contributed by atoms with Crippen molar-refractivity contribution in [1.29, 1.82) is 0 Å². The van der Waals surface area contributed by atoms with Crippen LogP contribution in [0.2, 0.25) is 0 Å². The van der Waals surface area contributed by atoms with E-state index in [2.05, 4.69) is 27.4 Å². The summed E-state index contributed by atoms with van der Waals surface area (Å²) >= 11 is 0. The van der Waals surface area contributed by atoms with Crippen molar-refractivity contribution >= 4 is 28.8 Å². The number of unbranched alkanes of at least 4 members (excludes halogenated alkanes) is 3. The number of aromatic nitrogens is 2. The van der Waals surface area contributed by atoms with Gasteiger partial charge in [0.05, 0.1) is 36.7 Å². The molecule has 0 spiro atoms. The first kappa shape index (κ1) is 24.0. The SMILES string of the molecule is CCCCCCOc1ccc(/C=N/NC(=Nc2ccccc2)c2nc3ccccc3[nH]2)cc1OC. The minimum absolute atomic E-state index is 0.516. The Labute approximate surface area is 205 Å². The maximum absolute atomic E-state index is 5.91. The van der Waals surface area contributed by atoms with Crippen LogP contribution < -0.4 is 14.9 Å². The summed E-state index contributed by atoms with van der Waals surface area (Å²) in [4.78, 5) is 12.7. The number of hydrogen-bond donors (Lipinski definition) is 2. The molecule has 0 bridgehead atoms. The van der Waals surface area contributed by atoms with Gasteiger partial charge in [-0.3, -0.25) is 5.43 Å². The van der Waals surface area contributed by atoms with E-state index in [-0.39, 0.29) is 0 Å². The van der Waals surface area contributed by atoms with E-state index in [4.69, 9.17) is 14.5 Å². The number of para-hydroxylation sites is 3. The van der Waals surface area contributed by atoms with Crippen LogP contribution >= 0.6 is 0 Å². The number of nitrogens with one attached hydrogen (secondary N) is 2. The average molecular weight is 470 g/mol. The molecule has 180 valence electrons. The van der Waals surface area contributed by atoms with Crippen LogP contribution in [0.1, 0.15) is 44.0 Å². The summed E-state index contributed by atoms with van der Waals surface area (Å²) in [6.07, 6.45) is 6.37. The van der Waals surface area contributed by atoms with Crippen LogP contribution in [0.15, 0.2) is 82.9 Å². The van der Waals surface area contributed by atoms with Crippen LogP contribution in [0.3, 0.4) is 0 Å². The van der Waals surface area contributed by atoms with Gasteiger partial charge in [-0.05, 0) is 54.4 Å². The van der Waals surface area contributed by atoms with E-state index in [0.29, 0.717) is 24.0 Å². The molecule has 1 heterocycles. The third kappa shape index (κ3) is 6.69. The Bertz CT molecular complexity index is 1250. The number of H-pyrrole nitrogens is 1. The van der Waals surface area contributed by atoms with Crippen LogP contribution in [0.25, 0.3) is 11.0 Å². The summed E-state index contributed by atoms with van der Waals surface area (Å²) in [5.74, 6) is 2.54. The Morgan fingerprint density at radius 3 is 2.60 bits per heavy atom. The minimum atomic E-state index is 0.516. The maximum atomic E-state index is 5.91. The quantitative estimate of drug-likeness (QED) is 0.118. The molecule has 0 aliphatic heterocycles. The summed E-state index contributed by atoms with van der Waals surface area (Å²) in [5, 5.41) is 4.42. The number of aliphatic imine (C=N–C) groups is 1. The molecule has 7 nitrogen and oxygen atoms in total. The smallest absolute Gasteiger partial charge is 0.190 e. The number of ether oxygens (including phenoxy) is 2. The van der Waals surface area contributed by atoms with E-state index >= 15 is 0 Å². The summed E-state index contributed by atoms with van der Waals surface area (Å²) in [6.45, 7) is 2.88. The first-order valence-corrected chi connectivity index (χ1v) is 12.0. The molecule has 0 saturated heterocycles. The van der Waals surface area contributed by atoms with Gasteiger partial charge < -0.3 is 14.5 Å². The van der Waals surface area contributed by atoms with Gasteiger partial charge in [0.25, 0.3) is 0 Å². The highest BCUT2D eigenvalue weighted by Gasteiger charge is 2.10. The van der Waals surface area contributed by atoms with E-state index in [1.807, 2.05) is 72.8 Å². The molecule has 7 heteroatoms. The minimum Gasteiger partial charge on any atom is -0.493 e. The van der Waals surface area contributed by atoms with Gasteiger partial charge in [0.1, 0.15) is 0 Å². The highest BCUT2D eigenvalue weighted by atomic mass is 16.5. The van der Waals surface area contributed by atoms with Crippen molar-refractivity contribution in [1.82, 2.24) is 15.4 Å². The van der Waals surface area contributed by atoms with Crippen molar-refractivity contribution in [2.24, 2.45) is 10.1 Å². The molecule has 0 amide bonds. The monoisotopic (exact) mass is 469 g/mol. The predicted molar refractivity (Wildman–Crippen MR) is 142 cm³/mol. The fourth-order valence-electron chi connectivity index (χ4n) is 3.59. The number of imidazole rings is 1. The molecule has 0 atom stereocenters. The molecule has 3 aromatic carbocycles. The van der Waals surface area contributed by atoms with Crippen LogP contribution in [0.5, 0.6) is 11.5 Å². The molecule has 2 N–H and O–H groups in total. The molecule has 0 aliphatic rings. The zero-order valence-corrected chi connectivity index (χ0v) is 20.2. The van der Waals surface area contributed by atoms with Crippen molar-refractivity contribution in [3.63, 3.8) is 0 Å². The standard InChI is InChI=1S/C28H31N5O2/c1-3-4-5-11-18-35-25-17-16-21(19-26(25)34-2)20-29-33-28(30-22-12-7-6-8-13-22)27-31-23-14-9-10-15-24(23)32-27/h6-10,12-17,19-20H,3-5,11,18H2,1-2H3,(H,30,33)(H,31,32)/b29-20+. The molecule has 4 aromatic rings. The lowest BCUT2D eigenvalue weighted by atomic mass is 10.2. The van der Waals surface area contributed by atoms with Gasteiger partial charge in [0.2, 0.25) is 0 Å². The first-order valence-electron chi connectivity index (χ1n) is 12.0. The second kappa shape index (κ2) is 12.4. The van der Waals surface area contributed by atoms with Crippen molar-refractivity contribution in [3.05, 3.63) is 84.2 Å². The first-order chi connectivity index (χ1) is 17.3. The van der Waals surface area contributed by atoms with Crippen molar-refractivity contribution in [2.45, 2.75) is 32.6 Å². The number of benzene rings is 3. The molecule has 0 saturated carbocycles. The predicted octanol–water partition coefficient (Wildman–Crippen LogP) is 6.23. The third-order valence-electron chi connectivity index (χ3n) is 5.44. The second-order valence-corrected chi connectivity index (χ2v) is 8.09. The van der Waals surface area contributed by atoms with Crippen LogP contribution in [-0.2, 0) is 0 Å². The fraction of sp³-hybridized carbons (Fsp3) is 0.250. The molecule has 0 unspecified atom stereocenters. The number of rotatable bonds is 11. The summed E-state index contributed by atoms with van der Waals surface area (Å²) in [6, 6.07) is 23.3. The molecular weight excluding hydrogens is 438 g/mol. The Kier molecular flexibility index (Phi) is 8.48. The number of nitrogens with zero attached hydrogens (tertiary/aromatic N) is 3. The summed E-state index contributed by atoms with van der Waals surface area (Å²) in [5.41, 5.74) is 6.52. The second-order valence-electron chi connectivity index (χ2n) is 8.09.